The third-order valence-corrected chi connectivity index (χ3v) is 6.48. The number of hydrogen-bond donors (Lipinski definition) is 2. The van der Waals surface area contributed by atoms with Crippen LogP contribution >= 0.6 is 22.9 Å². The molecule has 0 saturated carbocycles. The predicted octanol–water partition coefficient (Wildman–Crippen LogP) is 3.06. The topological polar surface area (TPSA) is 66.6 Å². The number of rotatable bonds is 6. The lowest BCUT2D eigenvalue weighted by Crippen LogP contribution is -3.08. The zero-order chi connectivity index (χ0) is 20.3. The van der Waals surface area contributed by atoms with Gasteiger partial charge in [-0.15, -0.1) is 11.3 Å². The summed E-state index contributed by atoms with van der Waals surface area (Å²) < 4.78 is 5.38. The molecule has 1 unspecified atom stereocenters. The molecular formula is C21H25ClN3O2S+. The van der Waals surface area contributed by atoms with Crippen molar-refractivity contribution < 1.29 is 14.4 Å². The number of nitriles is 1. The van der Waals surface area contributed by atoms with E-state index in [0.29, 0.717) is 34.6 Å². The number of fused-ring (bicyclic) bond motifs is 1. The molecule has 1 heterocycles. The number of thiophene rings is 1. The van der Waals surface area contributed by atoms with Gasteiger partial charge in [-0.05, 0) is 48.9 Å². The van der Waals surface area contributed by atoms with E-state index in [4.69, 9.17) is 16.3 Å². The van der Waals surface area contributed by atoms with Crippen molar-refractivity contribution in [1.82, 2.24) is 0 Å². The summed E-state index contributed by atoms with van der Waals surface area (Å²) in [5, 5.41) is 13.9. The van der Waals surface area contributed by atoms with Crippen molar-refractivity contribution in [2.45, 2.75) is 32.7 Å². The molecule has 0 spiro atoms. The molecule has 0 fully saturated rings. The van der Waals surface area contributed by atoms with Gasteiger partial charge in [0.2, 0.25) is 0 Å². The van der Waals surface area contributed by atoms with Crippen molar-refractivity contribution >= 4 is 33.8 Å². The van der Waals surface area contributed by atoms with E-state index in [-0.39, 0.29) is 5.91 Å². The lowest BCUT2D eigenvalue weighted by atomic mass is 9.89. The molecule has 2 atom stereocenters. The highest BCUT2D eigenvalue weighted by molar-refractivity contribution is 7.16. The van der Waals surface area contributed by atoms with Gasteiger partial charge in [0.05, 0.1) is 19.7 Å². The number of nitrogens with one attached hydrogen (secondary N) is 2. The summed E-state index contributed by atoms with van der Waals surface area (Å²) in [7, 11) is 3.57. The summed E-state index contributed by atoms with van der Waals surface area (Å²) in [6, 6.07) is 7.78. The number of carbonyl (C=O) groups excluding carboxylic acids is 1. The molecule has 2 aromatic rings. The minimum Gasteiger partial charge on any atom is -0.496 e. The molecule has 0 saturated heterocycles. The largest absolute Gasteiger partial charge is 0.496 e. The lowest BCUT2D eigenvalue weighted by Gasteiger charge is -2.17. The van der Waals surface area contributed by atoms with E-state index in [1.165, 1.54) is 4.88 Å². The number of quaternary nitrogens is 1. The van der Waals surface area contributed by atoms with Gasteiger partial charge in [0.15, 0.2) is 6.54 Å². The first-order valence-corrected chi connectivity index (χ1v) is 10.6. The van der Waals surface area contributed by atoms with Gasteiger partial charge in [0.1, 0.15) is 23.4 Å². The molecule has 1 aromatic carbocycles. The minimum atomic E-state index is -0.0957. The second-order valence-electron chi connectivity index (χ2n) is 7.48. The van der Waals surface area contributed by atoms with Crippen molar-refractivity contribution in [2.24, 2.45) is 5.92 Å². The first-order valence-electron chi connectivity index (χ1n) is 9.39. The fraction of sp³-hybridized carbons (Fsp3) is 0.429. The van der Waals surface area contributed by atoms with Crippen molar-refractivity contribution in [3.63, 3.8) is 0 Å². The third-order valence-electron chi connectivity index (χ3n) is 5.07. The van der Waals surface area contributed by atoms with Crippen molar-refractivity contribution in [3.8, 4) is 11.8 Å². The Balaban J connectivity index is 1.66. The van der Waals surface area contributed by atoms with Crippen molar-refractivity contribution in [3.05, 3.63) is 44.8 Å². The maximum absolute atomic E-state index is 12.6. The van der Waals surface area contributed by atoms with Crippen LogP contribution in [0.1, 0.15) is 34.9 Å². The zero-order valence-corrected chi connectivity index (χ0v) is 18.0. The molecule has 7 heteroatoms. The summed E-state index contributed by atoms with van der Waals surface area (Å²) in [6.45, 7) is 3.13. The summed E-state index contributed by atoms with van der Waals surface area (Å²) in [4.78, 5) is 14.8. The maximum atomic E-state index is 12.6. The molecule has 3 rings (SSSR count). The number of hydrogen-bond acceptors (Lipinski definition) is 4. The molecule has 0 bridgehead atoms. The SMILES string of the molecule is COc1ccc(Cl)cc1C[NH+](C)CC(=O)Nc1sc2c(c1C#N)CC[C@@H](C)C2. The number of halogens is 1. The van der Waals surface area contributed by atoms with Gasteiger partial charge in [-0.3, -0.25) is 4.79 Å². The van der Waals surface area contributed by atoms with Gasteiger partial charge < -0.3 is 15.0 Å². The molecule has 1 amide bonds. The van der Waals surface area contributed by atoms with E-state index in [0.717, 1.165) is 41.0 Å². The predicted molar refractivity (Wildman–Crippen MR) is 112 cm³/mol. The van der Waals surface area contributed by atoms with Crippen LogP contribution in [-0.4, -0.2) is 26.6 Å². The molecule has 2 N–H and O–H groups in total. The van der Waals surface area contributed by atoms with Gasteiger partial charge in [0.25, 0.3) is 5.91 Å². The Hall–Kier alpha value is -2.07. The Bertz CT molecular complexity index is 919. The number of ether oxygens (including phenoxy) is 1. The van der Waals surface area contributed by atoms with Crippen LogP contribution in [-0.2, 0) is 24.2 Å². The smallest absolute Gasteiger partial charge is 0.280 e. The minimum absolute atomic E-state index is 0.0957. The van der Waals surface area contributed by atoms with Crippen molar-refractivity contribution in [2.75, 3.05) is 26.0 Å². The standard InChI is InChI=1S/C21H24ClN3O2S/c1-13-4-6-16-17(10-23)21(28-19(16)8-13)24-20(26)12-25(2)11-14-9-15(22)5-7-18(14)27-3/h5,7,9,13H,4,6,8,11-12H2,1-3H3,(H,24,26)/p+1/t13-/m1/s1. The number of amides is 1. The van der Waals surface area contributed by atoms with Gasteiger partial charge in [-0.1, -0.05) is 18.5 Å². The highest BCUT2D eigenvalue weighted by Gasteiger charge is 2.25. The molecule has 1 aliphatic carbocycles. The molecule has 28 heavy (non-hydrogen) atoms. The zero-order valence-electron chi connectivity index (χ0n) is 16.4. The van der Waals surface area contributed by atoms with E-state index < -0.39 is 0 Å². The summed E-state index contributed by atoms with van der Waals surface area (Å²) in [6.07, 6.45) is 3.01. The molecular weight excluding hydrogens is 394 g/mol. The van der Waals surface area contributed by atoms with Gasteiger partial charge in [-0.25, -0.2) is 0 Å². The monoisotopic (exact) mass is 418 g/mol. The maximum Gasteiger partial charge on any atom is 0.280 e. The van der Waals surface area contributed by atoms with E-state index in [1.807, 2.05) is 19.2 Å². The van der Waals surface area contributed by atoms with Crippen LogP contribution in [0.3, 0.4) is 0 Å². The molecule has 1 aromatic heterocycles. The van der Waals surface area contributed by atoms with Crippen molar-refractivity contribution in [1.29, 1.82) is 5.26 Å². The number of carbonyl (C=O) groups is 1. The van der Waals surface area contributed by atoms with Crippen LogP contribution in [0.4, 0.5) is 5.00 Å². The molecule has 5 nitrogen and oxygen atoms in total. The van der Waals surface area contributed by atoms with Gasteiger partial charge >= 0.3 is 0 Å². The lowest BCUT2D eigenvalue weighted by molar-refractivity contribution is -0.885. The number of nitrogens with zero attached hydrogens (tertiary/aromatic N) is 1. The number of likely N-dealkylation sites (N-methyl/N-ethyl adjacent to an activating group) is 1. The van der Waals surface area contributed by atoms with Crippen LogP contribution in [0.2, 0.25) is 5.02 Å². The highest BCUT2D eigenvalue weighted by Crippen LogP contribution is 2.39. The van der Waals surface area contributed by atoms with E-state index >= 15 is 0 Å². The Morgan fingerprint density at radius 1 is 1.50 bits per heavy atom. The van der Waals surface area contributed by atoms with Crippen LogP contribution in [0.5, 0.6) is 5.75 Å². The Morgan fingerprint density at radius 2 is 2.29 bits per heavy atom. The highest BCUT2D eigenvalue weighted by atomic mass is 35.5. The van der Waals surface area contributed by atoms with E-state index in [9.17, 15) is 10.1 Å². The Labute approximate surface area is 174 Å². The number of benzene rings is 1. The fourth-order valence-corrected chi connectivity index (χ4v) is 5.25. The van der Waals surface area contributed by atoms with Crippen LogP contribution in [0, 0.1) is 17.2 Å². The Kier molecular flexibility index (Phi) is 6.61. The van der Waals surface area contributed by atoms with Crippen LogP contribution in [0.15, 0.2) is 18.2 Å². The van der Waals surface area contributed by atoms with Gasteiger partial charge in [0, 0.05) is 15.5 Å². The quantitative estimate of drug-likeness (QED) is 0.757. The summed E-state index contributed by atoms with van der Waals surface area (Å²) >= 11 is 7.65. The molecule has 148 valence electrons. The summed E-state index contributed by atoms with van der Waals surface area (Å²) in [5.41, 5.74) is 2.73. The fourth-order valence-electron chi connectivity index (χ4n) is 3.67. The molecule has 0 radical (unpaired) electrons. The second kappa shape index (κ2) is 8.95. The third kappa shape index (κ3) is 4.67. The van der Waals surface area contributed by atoms with E-state index in [1.54, 1.807) is 24.5 Å². The number of anilines is 1. The first-order chi connectivity index (χ1) is 13.4. The number of methoxy groups -OCH3 is 1. The molecule has 1 aliphatic rings. The Morgan fingerprint density at radius 3 is 3.00 bits per heavy atom. The average molecular weight is 419 g/mol. The van der Waals surface area contributed by atoms with Crippen LogP contribution < -0.4 is 15.0 Å². The summed E-state index contributed by atoms with van der Waals surface area (Å²) in [5.74, 6) is 1.29. The first kappa shape index (κ1) is 20.7. The average Bonchev–Trinajstić information content (AvgIpc) is 2.97. The van der Waals surface area contributed by atoms with E-state index in [2.05, 4.69) is 18.3 Å². The molecule has 0 aliphatic heterocycles. The van der Waals surface area contributed by atoms with Gasteiger partial charge in [-0.2, -0.15) is 5.26 Å². The van der Waals surface area contributed by atoms with Crippen LogP contribution in [0.25, 0.3) is 0 Å². The normalized spacial score (nSPS) is 16.8. The second-order valence-corrected chi connectivity index (χ2v) is 9.02.